The average molecular weight is 1220 g/mol. The van der Waals surface area contributed by atoms with Crippen molar-refractivity contribution in [2.45, 2.75) is 169 Å². The van der Waals surface area contributed by atoms with E-state index < -0.39 is 0 Å². The summed E-state index contributed by atoms with van der Waals surface area (Å²) in [6.45, 7) is 25.2. The molecule has 6 N–H and O–H groups in total. The van der Waals surface area contributed by atoms with E-state index >= 15 is 0 Å². The number of benzene rings is 4. The summed E-state index contributed by atoms with van der Waals surface area (Å²) in [5, 5.41) is 60.9. The summed E-state index contributed by atoms with van der Waals surface area (Å²) in [7, 11) is 6.28. The fourth-order valence-corrected chi connectivity index (χ4v) is 16.0. The lowest BCUT2D eigenvalue weighted by molar-refractivity contribution is -0.130. The third-order valence-electron chi connectivity index (χ3n) is 20.3. The van der Waals surface area contributed by atoms with Crippen molar-refractivity contribution in [1.29, 1.82) is 0 Å². The standard InChI is InChI=1S/2C18H27NO3.2C18H25NO3/c4*1-11(2)6-13-10-19-5-4-12-7-17(21)18(22-3)8-14(12)15(19)9-16(13)20/h2*7-8,11,13,15-16,20-21H,4-6,9-10H2,1-3H3;2*7-8,11,13,15,21H,4-6,9-10H2,1-3H3/t13?,15-,16-;13-,15?,16-;13?,15-;13-,15?/m1010/s1. The average Bonchev–Trinajstić information content (AvgIpc) is 2.47. The Morgan fingerprint density at radius 3 is 0.920 bits per heavy atom. The maximum atomic E-state index is 12.5. The second-order valence-electron chi connectivity index (χ2n) is 28.3. The van der Waals surface area contributed by atoms with Gasteiger partial charge in [-0.05, 0) is 193 Å². The van der Waals surface area contributed by atoms with Gasteiger partial charge in [-0.2, -0.15) is 0 Å². The summed E-state index contributed by atoms with van der Waals surface area (Å²) in [6, 6.07) is 15.8. The lowest BCUT2D eigenvalue weighted by Gasteiger charge is -2.46. The van der Waals surface area contributed by atoms with Crippen molar-refractivity contribution in [1.82, 2.24) is 19.6 Å². The van der Waals surface area contributed by atoms with Crippen LogP contribution in [0.5, 0.6) is 46.0 Å². The van der Waals surface area contributed by atoms with Crippen molar-refractivity contribution in [3.63, 3.8) is 0 Å². The van der Waals surface area contributed by atoms with E-state index in [2.05, 4.69) is 75.0 Å². The van der Waals surface area contributed by atoms with Crippen LogP contribution in [0.3, 0.4) is 0 Å². The van der Waals surface area contributed by atoms with Crippen molar-refractivity contribution in [3.8, 4) is 46.0 Å². The number of hydrogen-bond acceptors (Lipinski definition) is 16. The van der Waals surface area contributed by atoms with Crippen LogP contribution in [0.2, 0.25) is 0 Å². The van der Waals surface area contributed by atoms with Crippen LogP contribution in [0.15, 0.2) is 48.5 Å². The lowest BCUT2D eigenvalue weighted by atomic mass is 9.79. The highest BCUT2D eigenvalue weighted by atomic mass is 16.5. The predicted octanol–water partition coefficient (Wildman–Crippen LogP) is 11.3. The molecule has 0 bridgehead atoms. The number of carbonyl (C=O) groups excluding carboxylic acids is 2. The van der Waals surface area contributed by atoms with Crippen molar-refractivity contribution in [2.75, 3.05) is 80.8 Å². The molecule has 0 spiro atoms. The molecule has 10 atom stereocenters. The maximum absolute atomic E-state index is 12.5. The zero-order valence-corrected chi connectivity index (χ0v) is 54.8. The molecule has 8 aliphatic heterocycles. The smallest absolute Gasteiger partial charge is 0.160 e. The van der Waals surface area contributed by atoms with Crippen LogP contribution in [-0.2, 0) is 35.3 Å². The number of phenols is 4. The molecule has 0 aliphatic carbocycles. The number of nitrogens with zero attached hydrogens (tertiary/aromatic N) is 4. The monoisotopic (exact) mass is 1220 g/mol. The van der Waals surface area contributed by atoms with Crippen LogP contribution in [0, 0.1) is 47.3 Å². The van der Waals surface area contributed by atoms with Crippen LogP contribution in [0.25, 0.3) is 0 Å². The van der Waals surface area contributed by atoms with Crippen LogP contribution in [-0.4, -0.2) is 155 Å². The molecule has 0 radical (unpaired) electrons. The van der Waals surface area contributed by atoms with Crippen molar-refractivity contribution in [3.05, 3.63) is 93.0 Å². The third-order valence-corrected chi connectivity index (χ3v) is 20.3. The first-order valence-corrected chi connectivity index (χ1v) is 32.9. The fraction of sp³-hybridized carbons (Fsp3) is 0.639. The maximum Gasteiger partial charge on any atom is 0.160 e. The number of Topliss-reactive ketones (excluding diaryl/α,β-unsaturated/α-hetero) is 2. The predicted molar refractivity (Wildman–Crippen MR) is 343 cm³/mol. The lowest BCUT2D eigenvalue weighted by Crippen LogP contribution is -2.48. The summed E-state index contributed by atoms with van der Waals surface area (Å²) in [6.07, 6.45) is 10.1. The third kappa shape index (κ3) is 15.2. The number of aliphatic hydroxyl groups excluding tert-OH is 2. The number of hydrogen-bond donors (Lipinski definition) is 6. The molecule has 4 saturated heterocycles. The molecule has 4 unspecified atom stereocenters. The van der Waals surface area contributed by atoms with E-state index in [0.29, 0.717) is 82.9 Å². The molecular formula is C72H104N4O12. The van der Waals surface area contributed by atoms with Crippen LogP contribution >= 0.6 is 0 Å². The number of aromatic hydroxyl groups is 4. The van der Waals surface area contributed by atoms with E-state index in [4.69, 9.17) is 18.9 Å². The van der Waals surface area contributed by atoms with E-state index in [1.165, 1.54) is 22.3 Å². The SMILES string of the molecule is COc1cc2c(cc1O)CCN1CC(CC(C)C)C(=O)C[C@H]21.COc1cc2c(cc1O)CCN1CC(CC(C)C)[C@H](O)C[C@H]21.COc1cc2c(cc1O)CCN1C[C@H](CC(C)C)C(=O)CC21.COc1cc2c(cc1O)CCN1C[C@H](CC(C)C)[C@@H](O)CC21. The Bertz CT molecular complexity index is 2850. The summed E-state index contributed by atoms with van der Waals surface area (Å²) in [5.74, 6) is 7.06. The van der Waals surface area contributed by atoms with Gasteiger partial charge >= 0.3 is 0 Å². The molecule has 16 nitrogen and oxygen atoms in total. The van der Waals surface area contributed by atoms with Gasteiger partial charge in [-0.15, -0.1) is 0 Å². The second kappa shape index (κ2) is 29.1. The van der Waals surface area contributed by atoms with Crippen LogP contribution in [0.1, 0.15) is 175 Å². The second-order valence-corrected chi connectivity index (χ2v) is 28.3. The number of ketones is 2. The van der Waals surface area contributed by atoms with Crippen molar-refractivity contribution >= 4 is 11.6 Å². The van der Waals surface area contributed by atoms with Gasteiger partial charge in [0.05, 0.1) is 40.6 Å². The molecule has 0 amide bonds. The zero-order valence-electron chi connectivity index (χ0n) is 54.8. The summed E-state index contributed by atoms with van der Waals surface area (Å²) in [5.41, 5.74) is 9.40. The van der Waals surface area contributed by atoms with Gasteiger partial charge in [0.2, 0.25) is 0 Å². The van der Waals surface area contributed by atoms with Crippen molar-refractivity contribution < 1.29 is 59.2 Å². The highest BCUT2D eigenvalue weighted by molar-refractivity contribution is 5.84. The van der Waals surface area contributed by atoms with E-state index in [9.17, 15) is 40.2 Å². The van der Waals surface area contributed by atoms with E-state index in [1.807, 2.05) is 36.4 Å². The molecule has 0 aromatic heterocycles. The summed E-state index contributed by atoms with van der Waals surface area (Å²) in [4.78, 5) is 34.9. The van der Waals surface area contributed by atoms with Gasteiger partial charge in [0.1, 0.15) is 11.6 Å². The Morgan fingerprint density at radius 2 is 0.659 bits per heavy atom. The minimum Gasteiger partial charge on any atom is -0.504 e. The quantitative estimate of drug-likeness (QED) is 0.0780. The largest absolute Gasteiger partial charge is 0.504 e. The number of piperidine rings is 4. The Labute approximate surface area is 524 Å². The van der Waals surface area contributed by atoms with Gasteiger partial charge in [0.25, 0.3) is 0 Å². The fourth-order valence-electron chi connectivity index (χ4n) is 16.0. The molecule has 484 valence electrons. The van der Waals surface area contributed by atoms with E-state index in [-0.39, 0.29) is 71.2 Å². The van der Waals surface area contributed by atoms with E-state index in [1.54, 1.807) is 40.6 Å². The Balaban J connectivity index is 0.000000140. The minimum atomic E-state index is -0.241. The van der Waals surface area contributed by atoms with E-state index in [0.717, 1.165) is 139 Å². The number of rotatable bonds is 12. The molecule has 8 aliphatic rings. The minimum absolute atomic E-state index is 0.147. The summed E-state index contributed by atoms with van der Waals surface area (Å²) >= 11 is 0. The number of ether oxygens (including phenoxy) is 4. The molecule has 4 aromatic carbocycles. The molecule has 88 heavy (non-hydrogen) atoms. The number of carbonyl (C=O) groups is 2. The van der Waals surface area contributed by atoms with Gasteiger partial charge in [-0.3, -0.25) is 29.2 Å². The first-order chi connectivity index (χ1) is 42.0. The molecule has 16 heteroatoms. The topological polar surface area (TPSA) is 205 Å². The zero-order chi connectivity index (χ0) is 63.4. The van der Waals surface area contributed by atoms with Crippen LogP contribution < -0.4 is 18.9 Å². The number of methoxy groups -OCH3 is 4. The first kappa shape index (κ1) is 66.8. The number of phenolic OH excluding ortho intramolecular Hbond substituents is 4. The van der Waals surface area contributed by atoms with Gasteiger partial charge in [-0.1, -0.05) is 55.4 Å². The normalized spacial score (nSPS) is 26.7. The molecular weight excluding hydrogens is 1110 g/mol. The van der Waals surface area contributed by atoms with Gasteiger partial charge in [-0.25, -0.2) is 0 Å². The highest BCUT2D eigenvalue weighted by Gasteiger charge is 2.43. The molecule has 4 fully saturated rings. The highest BCUT2D eigenvalue weighted by Crippen LogP contribution is 2.48. The number of fused-ring (bicyclic) bond motifs is 12. The molecule has 12 rings (SSSR count). The first-order valence-electron chi connectivity index (χ1n) is 32.9. The van der Waals surface area contributed by atoms with Gasteiger partial charge < -0.3 is 49.6 Å². The van der Waals surface area contributed by atoms with Crippen molar-refractivity contribution in [2.24, 2.45) is 47.3 Å². The summed E-state index contributed by atoms with van der Waals surface area (Å²) < 4.78 is 21.0. The molecule has 8 heterocycles. The van der Waals surface area contributed by atoms with Gasteiger partial charge in [0.15, 0.2) is 46.0 Å². The Hall–Kier alpha value is -5.62. The van der Waals surface area contributed by atoms with Crippen LogP contribution in [0.4, 0.5) is 0 Å². The molecule has 0 saturated carbocycles. The molecule has 4 aromatic rings. The number of aliphatic hydroxyl groups is 2. The Morgan fingerprint density at radius 1 is 0.398 bits per heavy atom. The Kier molecular flexibility index (Phi) is 22.1. The van der Waals surface area contributed by atoms with Gasteiger partial charge in [0, 0.05) is 101 Å².